The normalized spacial score (nSPS) is 12.8. The first-order valence-corrected chi connectivity index (χ1v) is 9.61. The number of carbonyl (C=O) groups excluding carboxylic acids is 1. The highest BCUT2D eigenvalue weighted by molar-refractivity contribution is 5.91. The maximum Gasteiger partial charge on any atom is 0.261 e. The van der Waals surface area contributed by atoms with Gasteiger partial charge in [-0.05, 0) is 43.5 Å². The summed E-state index contributed by atoms with van der Waals surface area (Å²) < 4.78 is 3.12. The molecule has 0 radical (unpaired) electrons. The summed E-state index contributed by atoms with van der Waals surface area (Å²) in [4.78, 5) is 29.8. The van der Waals surface area contributed by atoms with Crippen molar-refractivity contribution in [1.29, 1.82) is 0 Å². The molecule has 1 aliphatic rings. The van der Waals surface area contributed by atoms with E-state index >= 15 is 0 Å². The highest BCUT2D eigenvalue weighted by Crippen LogP contribution is 2.30. The van der Waals surface area contributed by atoms with E-state index in [1.165, 1.54) is 10.9 Å². The van der Waals surface area contributed by atoms with Gasteiger partial charge in [0.25, 0.3) is 5.56 Å². The largest absolute Gasteiger partial charge is 0.309 e. The lowest BCUT2D eigenvalue weighted by Gasteiger charge is -2.12. The number of aromatic nitrogens is 4. The second-order valence-electron chi connectivity index (χ2n) is 7.12. The van der Waals surface area contributed by atoms with Crippen molar-refractivity contribution in [1.82, 2.24) is 19.3 Å². The Labute approximate surface area is 166 Å². The van der Waals surface area contributed by atoms with Gasteiger partial charge in [0.15, 0.2) is 0 Å². The number of aryl methyl sites for hydroxylation is 1. The minimum absolute atomic E-state index is 0.106. The molecule has 0 atom stereocenters. The highest BCUT2D eigenvalue weighted by atomic mass is 16.2. The summed E-state index contributed by atoms with van der Waals surface area (Å²) >= 11 is 0. The first-order chi connectivity index (χ1) is 14.2. The zero-order chi connectivity index (χ0) is 19.8. The third-order valence-corrected chi connectivity index (χ3v) is 5.21. The monoisotopic (exact) mass is 385 g/mol. The van der Waals surface area contributed by atoms with Crippen LogP contribution in [0.25, 0.3) is 16.6 Å². The Morgan fingerprint density at radius 3 is 2.69 bits per heavy atom. The maximum atomic E-state index is 12.8. The molecule has 1 N–H and O–H groups in total. The molecular formula is C22H19N5O2. The van der Waals surface area contributed by atoms with Crippen LogP contribution in [0.4, 0.5) is 5.82 Å². The number of benzene rings is 2. The second kappa shape index (κ2) is 7.01. The molecule has 7 heteroatoms. The molecule has 7 nitrogen and oxygen atoms in total. The van der Waals surface area contributed by atoms with Crippen molar-refractivity contribution < 1.29 is 4.79 Å². The van der Waals surface area contributed by atoms with Crippen LogP contribution in [0.1, 0.15) is 17.7 Å². The Kier molecular flexibility index (Phi) is 4.20. The third-order valence-electron chi connectivity index (χ3n) is 5.21. The van der Waals surface area contributed by atoms with Crippen molar-refractivity contribution in [2.24, 2.45) is 0 Å². The summed E-state index contributed by atoms with van der Waals surface area (Å²) in [5.41, 5.74) is 3.38. The average molecular weight is 385 g/mol. The quantitative estimate of drug-likeness (QED) is 0.586. The summed E-state index contributed by atoms with van der Waals surface area (Å²) in [5, 5.41) is 8.19. The van der Waals surface area contributed by atoms with Crippen LogP contribution in [0.3, 0.4) is 0 Å². The standard InChI is InChI=1S/C22H19N5O2/c28-20(13-26-14-23-18-11-5-4-9-17(18)22(26)29)24-21-16-10-6-12-19(16)25-27(21)15-7-2-1-3-8-15/h1-5,7-9,11,14H,6,10,12-13H2,(H,24,28). The number of rotatable bonds is 4. The molecular weight excluding hydrogens is 366 g/mol. The SMILES string of the molecule is O=C(Cn1cnc2ccccc2c1=O)Nc1c2c(nn1-c1ccccc1)CCC2. The molecule has 2 heterocycles. The molecule has 144 valence electrons. The van der Waals surface area contributed by atoms with Crippen molar-refractivity contribution in [2.45, 2.75) is 25.8 Å². The number of carbonyl (C=O) groups is 1. The minimum Gasteiger partial charge on any atom is -0.309 e. The Morgan fingerprint density at radius 1 is 1.03 bits per heavy atom. The molecule has 2 aromatic heterocycles. The van der Waals surface area contributed by atoms with Crippen LogP contribution in [0.2, 0.25) is 0 Å². The Bertz CT molecular complexity index is 1270. The Balaban J connectivity index is 1.46. The molecule has 5 rings (SSSR count). The second-order valence-corrected chi connectivity index (χ2v) is 7.12. The maximum absolute atomic E-state index is 12.8. The molecule has 2 aromatic carbocycles. The van der Waals surface area contributed by atoms with Crippen LogP contribution >= 0.6 is 0 Å². The van der Waals surface area contributed by atoms with Crippen molar-refractivity contribution in [3.8, 4) is 5.69 Å². The molecule has 0 spiro atoms. The molecule has 4 aromatic rings. The summed E-state index contributed by atoms with van der Waals surface area (Å²) in [5.74, 6) is 0.409. The summed E-state index contributed by atoms with van der Waals surface area (Å²) in [6, 6.07) is 16.8. The number of fused-ring (bicyclic) bond motifs is 2. The van der Waals surface area contributed by atoms with Gasteiger partial charge in [0.05, 0.1) is 28.6 Å². The van der Waals surface area contributed by atoms with Crippen LogP contribution < -0.4 is 10.9 Å². The van der Waals surface area contributed by atoms with E-state index in [9.17, 15) is 9.59 Å². The first kappa shape index (κ1) is 17.4. The molecule has 0 aliphatic heterocycles. The van der Waals surface area contributed by atoms with Gasteiger partial charge in [-0.25, -0.2) is 9.67 Å². The van der Waals surface area contributed by atoms with Gasteiger partial charge in [-0.3, -0.25) is 14.2 Å². The number of hydrogen-bond donors (Lipinski definition) is 1. The van der Waals surface area contributed by atoms with E-state index < -0.39 is 0 Å². The third kappa shape index (κ3) is 3.10. The number of hydrogen-bond acceptors (Lipinski definition) is 4. The predicted molar refractivity (Wildman–Crippen MR) is 110 cm³/mol. The first-order valence-electron chi connectivity index (χ1n) is 9.61. The zero-order valence-corrected chi connectivity index (χ0v) is 15.7. The van der Waals surface area contributed by atoms with Gasteiger partial charge < -0.3 is 5.32 Å². The van der Waals surface area contributed by atoms with Crippen LogP contribution in [0.15, 0.2) is 65.7 Å². The fourth-order valence-electron chi connectivity index (χ4n) is 3.82. The van der Waals surface area contributed by atoms with Crippen LogP contribution in [0, 0.1) is 0 Å². The molecule has 0 unspecified atom stereocenters. The van der Waals surface area contributed by atoms with Gasteiger partial charge in [-0.15, -0.1) is 0 Å². The molecule has 29 heavy (non-hydrogen) atoms. The lowest BCUT2D eigenvalue weighted by Crippen LogP contribution is -2.28. The van der Waals surface area contributed by atoms with E-state index in [0.29, 0.717) is 16.7 Å². The van der Waals surface area contributed by atoms with Crippen LogP contribution in [-0.4, -0.2) is 25.2 Å². The van der Waals surface area contributed by atoms with Crippen molar-refractivity contribution in [3.63, 3.8) is 0 Å². The fraction of sp³-hybridized carbons (Fsp3) is 0.182. The van der Waals surface area contributed by atoms with Crippen LogP contribution in [0.5, 0.6) is 0 Å². The van der Waals surface area contributed by atoms with Gasteiger partial charge in [-0.1, -0.05) is 30.3 Å². The smallest absolute Gasteiger partial charge is 0.261 e. The summed E-state index contributed by atoms with van der Waals surface area (Å²) in [6.07, 6.45) is 4.24. The highest BCUT2D eigenvalue weighted by Gasteiger charge is 2.24. The molecule has 1 aliphatic carbocycles. The fourth-order valence-corrected chi connectivity index (χ4v) is 3.82. The predicted octanol–water partition coefficient (Wildman–Crippen LogP) is 2.71. The van der Waals surface area contributed by atoms with Crippen molar-refractivity contribution in [3.05, 3.63) is 82.5 Å². The van der Waals surface area contributed by atoms with E-state index in [1.54, 1.807) is 22.9 Å². The summed E-state index contributed by atoms with van der Waals surface area (Å²) in [7, 11) is 0. The van der Waals surface area contributed by atoms with Gasteiger partial charge in [0.1, 0.15) is 12.4 Å². The van der Waals surface area contributed by atoms with E-state index in [1.807, 2.05) is 36.4 Å². The number of para-hydroxylation sites is 2. The summed E-state index contributed by atoms with van der Waals surface area (Å²) in [6.45, 7) is -0.106. The molecule has 1 amide bonds. The molecule has 0 bridgehead atoms. The van der Waals surface area contributed by atoms with E-state index in [-0.39, 0.29) is 18.0 Å². The van der Waals surface area contributed by atoms with Crippen molar-refractivity contribution in [2.75, 3.05) is 5.32 Å². The number of nitrogens with zero attached hydrogens (tertiary/aromatic N) is 4. The average Bonchev–Trinajstić information content (AvgIpc) is 3.34. The number of anilines is 1. The topological polar surface area (TPSA) is 81.8 Å². The lowest BCUT2D eigenvalue weighted by atomic mass is 10.2. The van der Waals surface area contributed by atoms with E-state index in [2.05, 4.69) is 10.3 Å². The number of amides is 1. The van der Waals surface area contributed by atoms with Gasteiger partial charge in [0.2, 0.25) is 5.91 Å². The molecule has 0 fully saturated rings. The lowest BCUT2D eigenvalue weighted by molar-refractivity contribution is -0.116. The van der Waals surface area contributed by atoms with Gasteiger partial charge in [-0.2, -0.15) is 5.10 Å². The number of nitrogens with one attached hydrogen (secondary N) is 1. The molecule has 0 saturated carbocycles. The minimum atomic E-state index is -0.282. The van der Waals surface area contributed by atoms with Gasteiger partial charge in [0, 0.05) is 5.56 Å². The van der Waals surface area contributed by atoms with E-state index in [0.717, 1.165) is 36.2 Å². The van der Waals surface area contributed by atoms with Gasteiger partial charge >= 0.3 is 0 Å². The zero-order valence-electron chi connectivity index (χ0n) is 15.7. The Morgan fingerprint density at radius 2 is 1.83 bits per heavy atom. The van der Waals surface area contributed by atoms with Crippen LogP contribution in [-0.2, 0) is 24.2 Å². The van der Waals surface area contributed by atoms with Crippen molar-refractivity contribution >= 4 is 22.6 Å². The van der Waals surface area contributed by atoms with E-state index in [4.69, 9.17) is 5.10 Å². The Hall–Kier alpha value is -3.74. The molecule has 0 saturated heterocycles.